The van der Waals surface area contributed by atoms with Crippen LogP contribution >= 0.6 is 11.3 Å². The van der Waals surface area contributed by atoms with E-state index in [0.717, 1.165) is 11.3 Å². The lowest BCUT2D eigenvalue weighted by Crippen LogP contribution is -2.13. The van der Waals surface area contributed by atoms with Crippen LogP contribution in [-0.4, -0.2) is 12.5 Å². The van der Waals surface area contributed by atoms with Crippen molar-refractivity contribution in [1.82, 2.24) is 0 Å². The first-order valence-corrected chi connectivity index (χ1v) is 7.79. The monoisotopic (exact) mass is 304 g/mol. The van der Waals surface area contributed by atoms with Gasteiger partial charge in [-0.2, -0.15) is 0 Å². The maximum Gasteiger partial charge on any atom is 0.224 e. The molecule has 21 heavy (non-hydrogen) atoms. The molecule has 1 aromatic heterocycles. The molecule has 2 aromatic rings. The van der Waals surface area contributed by atoms with Gasteiger partial charge in [0.05, 0.1) is 6.61 Å². The number of anilines is 2. The van der Waals surface area contributed by atoms with Gasteiger partial charge < -0.3 is 15.8 Å². The summed E-state index contributed by atoms with van der Waals surface area (Å²) in [6.07, 6.45) is 1.15. The minimum atomic E-state index is -0.0107. The van der Waals surface area contributed by atoms with Crippen molar-refractivity contribution in [3.05, 3.63) is 46.2 Å². The molecule has 0 aliphatic rings. The van der Waals surface area contributed by atoms with Crippen LogP contribution in [0, 0.1) is 6.92 Å². The molecule has 2 rings (SSSR count). The van der Waals surface area contributed by atoms with Gasteiger partial charge in [-0.05, 0) is 42.5 Å². The molecule has 1 amide bonds. The summed E-state index contributed by atoms with van der Waals surface area (Å²) in [5.74, 6) is -0.0107. The van der Waals surface area contributed by atoms with E-state index in [0.29, 0.717) is 31.7 Å². The summed E-state index contributed by atoms with van der Waals surface area (Å²) in [5.41, 5.74) is 8.15. The average Bonchev–Trinajstić information content (AvgIpc) is 2.96. The number of carbonyl (C=O) groups is 1. The minimum Gasteiger partial charge on any atom is -0.399 e. The fourth-order valence-corrected chi connectivity index (χ4v) is 2.53. The Balaban J connectivity index is 1.66. The van der Waals surface area contributed by atoms with E-state index < -0.39 is 0 Å². The molecule has 0 atom stereocenters. The zero-order valence-electron chi connectivity index (χ0n) is 12.1. The van der Waals surface area contributed by atoms with E-state index in [9.17, 15) is 4.79 Å². The van der Waals surface area contributed by atoms with E-state index in [-0.39, 0.29) is 5.91 Å². The highest BCUT2D eigenvalue weighted by Gasteiger charge is 2.05. The van der Waals surface area contributed by atoms with Crippen molar-refractivity contribution < 1.29 is 9.53 Å². The molecule has 0 saturated carbocycles. The largest absolute Gasteiger partial charge is 0.399 e. The highest BCUT2D eigenvalue weighted by Crippen LogP contribution is 2.18. The number of nitrogens with two attached hydrogens (primary N) is 1. The van der Waals surface area contributed by atoms with Crippen LogP contribution in [-0.2, 0) is 16.1 Å². The number of amides is 1. The smallest absolute Gasteiger partial charge is 0.224 e. The van der Waals surface area contributed by atoms with Crippen molar-refractivity contribution in [1.29, 1.82) is 0 Å². The number of ether oxygens (including phenoxy) is 1. The van der Waals surface area contributed by atoms with Gasteiger partial charge in [0, 0.05) is 29.3 Å². The van der Waals surface area contributed by atoms with Gasteiger partial charge in [-0.15, -0.1) is 11.3 Å². The van der Waals surface area contributed by atoms with Crippen LogP contribution in [0.2, 0.25) is 0 Å². The van der Waals surface area contributed by atoms with E-state index in [4.69, 9.17) is 10.5 Å². The number of benzene rings is 1. The molecule has 0 bridgehead atoms. The van der Waals surface area contributed by atoms with Gasteiger partial charge in [-0.3, -0.25) is 4.79 Å². The van der Waals surface area contributed by atoms with E-state index in [1.54, 1.807) is 17.4 Å². The summed E-state index contributed by atoms with van der Waals surface area (Å²) >= 11 is 1.68. The Bertz CT molecular complexity index is 582. The van der Waals surface area contributed by atoms with Crippen LogP contribution in [0.3, 0.4) is 0 Å². The molecule has 0 spiro atoms. The number of carbonyl (C=O) groups excluding carboxylic acids is 1. The predicted molar refractivity (Wildman–Crippen MR) is 87.4 cm³/mol. The minimum absolute atomic E-state index is 0.0107. The molecular formula is C16H20N2O2S. The van der Waals surface area contributed by atoms with Gasteiger partial charge in [0.15, 0.2) is 0 Å². The first-order chi connectivity index (χ1) is 10.1. The van der Waals surface area contributed by atoms with Crippen molar-refractivity contribution in [2.45, 2.75) is 26.4 Å². The number of thiophene rings is 1. The highest BCUT2D eigenvalue weighted by atomic mass is 32.1. The fraction of sp³-hybridized carbons (Fsp3) is 0.312. The molecule has 1 heterocycles. The lowest BCUT2D eigenvalue weighted by Gasteiger charge is -2.09. The summed E-state index contributed by atoms with van der Waals surface area (Å²) in [6.45, 7) is 3.15. The highest BCUT2D eigenvalue weighted by molar-refractivity contribution is 7.09. The molecule has 112 valence electrons. The molecular weight excluding hydrogens is 284 g/mol. The van der Waals surface area contributed by atoms with Crippen molar-refractivity contribution in [3.8, 4) is 0 Å². The van der Waals surface area contributed by atoms with E-state index >= 15 is 0 Å². The number of hydrogen-bond acceptors (Lipinski definition) is 4. The van der Waals surface area contributed by atoms with Gasteiger partial charge in [-0.25, -0.2) is 0 Å². The Morgan fingerprint density at radius 3 is 3.00 bits per heavy atom. The topological polar surface area (TPSA) is 64.3 Å². The summed E-state index contributed by atoms with van der Waals surface area (Å²) < 4.78 is 5.53. The lowest BCUT2D eigenvalue weighted by atomic mass is 10.1. The van der Waals surface area contributed by atoms with Gasteiger partial charge >= 0.3 is 0 Å². The van der Waals surface area contributed by atoms with E-state index in [1.807, 2.05) is 36.6 Å². The number of nitrogens with one attached hydrogen (secondary N) is 1. The normalized spacial score (nSPS) is 10.5. The zero-order chi connectivity index (χ0) is 15.1. The third-order valence-corrected chi connectivity index (χ3v) is 3.90. The lowest BCUT2D eigenvalue weighted by molar-refractivity contribution is -0.116. The maximum absolute atomic E-state index is 11.9. The summed E-state index contributed by atoms with van der Waals surface area (Å²) in [7, 11) is 0. The van der Waals surface area contributed by atoms with Crippen LogP contribution in [0.5, 0.6) is 0 Å². The SMILES string of the molecule is Cc1ccc(N)cc1NC(=O)CCCOCc1cccs1. The molecule has 0 aliphatic heterocycles. The Kier molecular flexibility index (Phi) is 5.78. The van der Waals surface area contributed by atoms with Gasteiger partial charge in [0.25, 0.3) is 0 Å². The van der Waals surface area contributed by atoms with Crippen molar-refractivity contribution in [3.63, 3.8) is 0 Å². The van der Waals surface area contributed by atoms with Crippen molar-refractivity contribution in [2.75, 3.05) is 17.7 Å². The molecule has 1 aromatic carbocycles. The van der Waals surface area contributed by atoms with Crippen molar-refractivity contribution >= 4 is 28.6 Å². The molecule has 0 fully saturated rings. The summed E-state index contributed by atoms with van der Waals surface area (Å²) in [5, 5.41) is 4.91. The molecule has 5 heteroatoms. The third-order valence-electron chi connectivity index (χ3n) is 3.05. The van der Waals surface area contributed by atoms with Crippen molar-refractivity contribution in [2.24, 2.45) is 0 Å². The second-order valence-electron chi connectivity index (χ2n) is 4.86. The first kappa shape index (κ1) is 15.5. The van der Waals surface area contributed by atoms with Crippen LogP contribution in [0.4, 0.5) is 11.4 Å². The summed E-state index contributed by atoms with van der Waals surface area (Å²) in [4.78, 5) is 13.1. The molecule has 3 N–H and O–H groups in total. The Morgan fingerprint density at radius 1 is 1.38 bits per heavy atom. The fourth-order valence-electron chi connectivity index (χ4n) is 1.89. The number of nitrogen functional groups attached to an aromatic ring is 1. The van der Waals surface area contributed by atoms with Crippen LogP contribution in [0.1, 0.15) is 23.3 Å². The standard InChI is InChI=1S/C16H20N2O2S/c1-12-6-7-13(17)10-15(12)18-16(19)5-2-8-20-11-14-4-3-9-21-14/h3-4,6-7,9-10H,2,5,8,11,17H2,1H3,(H,18,19). The van der Waals surface area contributed by atoms with Gasteiger partial charge in [0.1, 0.15) is 0 Å². The molecule has 0 aliphatic carbocycles. The zero-order valence-corrected chi connectivity index (χ0v) is 12.9. The molecule has 0 unspecified atom stereocenters. The Hall–Kier alpha value is -1.85. The van der Waals surface area contributed by atoms with Crippen LogP contribution in [0.15, 0.2) is 35.7 Å². The maximum atomic E-state index is 11.9. The molecule has 0 saturated heterocycles. The molecule has 4 nitrogen and oxygen atoms in total. The van der Waals surface area contributed by atoms with Crippen LogP contribution in [0.25, 0.3) is 0 Å². The number of rotatable bonds is 7. The second-order valence-corrected chi connectivity index (χ2v) is 5.89. The number of aryl methyl sites for hydroxylation is 1. The quantitative estimate of drug-likeness (QED) is 0.607. The Morgan fingerprint density at radius 2 is 2.24 bits per heavy atom. The second kappa shape index (κ2) is 7.81. The molecule has 0 radical (unpaired) electrons. The average molecular weight is 304 g/mol. The Labute approximate surface area is 128 Å². The van der Waals surface area contributed by atoms with E-state index in [2.05, 4.69) is 5.32 Å². The van der Waals surface area contributed by atoms with Gasteiger partial charge in [-0.1, -0.05) is 12.1 Å². The third kappa shape index (κ3) is 5.21. The predicted octanol–water partition coefficient (Wildman–Crippen LogP) is 3.57. The summed E-state index contributed by atoms with van der Waals surface area (Å²) in [6, 6.07) is 9.55. The van der Waals surface area contributed by atoms with Crippen LogP contribution < -0.4 is 11.1 Å². The number of hydrogen-bond donors (Lipinski definition) is 2. The van der Waals surface area contributed by atoms with Gasteiger partial charge in [0.2, 0.25) is 5.91 Å². The van der Waals surface area contributed by atoms with E-state index in [1.165, 1.54) is 4.88 Å². The first-order valence-electron chi connectivity index (χ1n) is 6.91.